The molecule has 1 atom stereocenters. The molecule has 3 rings (SSSR count). The largest absolute Gasteiger partial charge is 0.464 e. The van der Waals surface area contributed by atoms with Crippen molar-refractivity contribution >= 4 is 16.8 Å². The van der Waals surface area contributed by atoms with Crippen LogP contribution < -0.4 is 5.32 Å². The molecule has 1 aromatic carbocycles. The predicted octanol–water partition coefficient (Wildman–Crippen LogP) is 3.00. The molecule has 0 amide bonds. The van der Waals surface area contributed by atoms with Gasteiger partial charge in [0.25, 0.3) is 0 Å². The molecule has 1 unspecified atom stereocenters. The van der Waals surface area contributed by atoms with Crippen molar-refractivity contribution in [3.05, 3.63) is 36.1 Å². The molecule has 1 fully saturated rings. The maximum Gasteiger partial charge on any atom is 0.180 e. The minimum atomic E-state index is -0.0498. The molecule has 1 aliphatic rings. The van der Waals surface area contributed by atoms with Crippen LogP contribution in [0.3, 0.4) is 0 Å². The fourth-order valence-electron chi connectivity index (χ4n) is 2.64. The molecule has 0 aliphatic heterocycles. The summed E-state index contributed by atoms with van der Waals surface area (Å²) in [5.74, 6) is 0.676. The Morgan fingerprint density at radius 1 is 1.39 bits per heavy atom. The van der Waals surface area contributed by atoms with E-state index in [-0.39, 0.29) is 11.8 Å². The highest BCUT2D eigenvalue weighted by atomic mass is 16.3. The third-order valence-electron chi connectivity index (χ3n) is 3.96. The van der Waals surface area contributed by atoms with Crippen LogP contribution in [0.25, 0.3) is 11.0 Å². The summed E-state index contributed by atoms with van der Waals surface area (Å²) in [5.41, 5.74) is 1.52. The van der Waals surface area contributed by atoms with Crippen molar-refractivity contribution in [1.82, 2.24) is 5.32 Å². The second-order valence-electron chi connectivity index (χ2n) is 4.99. The topological polar surface area (TPSA) is 42.2 Å². The summed E-state index contributed by atoms with van der Waals surface area (Å²) in [6.07, 6.45) is 5.20. The summed E-state index contributed by atoms with van der Waals surface area (Å²) in [5, 5.41) is 4.20. The number of likely N-dealkylation sites (N-methyl/N-ethyl adjacent to an activating group) is 1. The summed E-state index contributed by atoms with van der Waals surface area (Å²) in [4.78, 5) is 12.5. The summed E-state index contributed by atoms with van der Waals surface area (Å²) in [6.45, 7) is 0. The molecule has 18 heavy (non-hydrogen) atoms. The first kappa shape index (κ1) is 11.5. The van der Waals surface area contributed by atoms with Gasteiger partial charge < -0.3 is 9.73 Å². The molecule has 0 saturated heterocycles. The van der Waals surface area contributed by atoms with Crippen LogP contribution in [0, 0.1) is 5.92 Å². The lowest BCUT2D eigenvalue weighted by atomic mass is 9.77. The fraction of sp³-hybridized carbons (Fsp3) is 0.400. The van der Waals surface area contributed by atoms with E-state index in [1.807, 2.05) is 31.3 Å². The average molecular weight is 243 g/mol. The van der Waals surface area contributed by atoms with E-state index >= 15 is 0 Å². The van der Waals surface area contributed by atoms with Gasteiger partial charge in [-0.2, -0.15) is 0 Å². The Labute approximate surface area is 106 Å². The zero-order chi connectivity index (χ0) is 12.5. The molecule has 3 nitrogen and oxygen atoms in total. The average Bonchev–Trinajstić information content (AvgIpc) is 2.79. The van der Waals surface area contributed by atoms with Crippen LogP contribution in [0.1, 0.15) is 29.6 Å². The van der Waals surface area contributed by atoms with Gasteiger partial charge in [0.05, 0.1) is 12.3 Å². The standard InChI is InChI=1S/C15H17NO2/c1-16-14(11-3-2-4-11)15(17)12-6-5-10-7-8-18-13(10)9-12/h5-9,11,14,16H,2-4H2,1H3. The third-order valence-corrected chi connectivity index (χ3v) is 3.96. The number of benzene rings is 1. The summed E-state index contributed by atoms with van der Waals surface area (Å²) in [7, 11) is 1.87. The Bertz CT molecular complexity index is 569. The molecule has 1 heterocycles. The van der Waals surface area contributed by atoms with Crippen molar-refractivity contribution in [3.63, 3.8) is 0 Å². The Morgan fingerprint density at radius 3 is 2.89 bits per heavy atom. The van der Waals surface area contributed by atoms with Gasteiger partial charge in [-0.25, -0.2) is 0 Å². The Morgan fingerprint density at radius 2 is 2.22 bits per heavy atom. The van der Waals surface area contributed by atoms with E-state index in [0.29, 0.717) is 5.92 Å². The van der Waals surface area contributed by atoms with E-state index in [1.165, 1.54) is 6.42 Å². The molecule has 0 bridgehead atoms. The van der Waals surface area contributed by atoms with Gasteiger partial charge in [0, 0.05) is 10.9 Å². The van der Waals surface area contributed by atoms with Crippen molar-refractivity contribution < 1.29 is 9.21 Å². The van der Waals surface area contributed by atoms with E-state index in [2.05, 4.69) is 5.32 Å². The van der Waals surface area contributed by atoms with Gasteiger partial charge in [0.1, 0.15) is 5.58 Å². The summed E-state index contributed by atoms with van der Waals surface area (Å²) >= 11 is 0. The Balaban J connectivity index is 1.89. The number of hydrogen-bond donors (Lipinski definition) is 1. The molecule has 0 spiro atoms. The van der Waals surface area contributed by atoms with Crippen LogP contribution in [-0.4, -0.2) is 18.9 Å². The maximum atomic E-state index is 12.5. The minimum Gasteiger partial charge on any atom is -0.464 e. The molecule has 1 aromatic heterocycles. The van der Waals surface area contributed by atoms with Gasteiger partial charge in [0.15, 0.2) is 5.78 Å². The molecule has 94 valence electrons. The first-order valence-electron chi connectivity index (χ1n) is 6.48. The van der Waals surface area contributed by atoms with E-state index in [4.69, 9.17) is 4.42 Å². The molecular weight excluding hydrogens is 226 g/mol. The van der Waals surface area contributed by atoms with Gasteiger partial charge in [-0.05, 0) is 37.9 Å². The highest BCUT2D eigenvalue weighted by Crippen LogP contribution is 2.31. The first-order chi connectivity index (χ1) is 8.79. The maximum absolute atomic E-state index is 12.5. The van der Waals surface area contributed by atoms with Crippen LogP contribution >= 0.6 is 0 Å². The van der Waals surface area contributed by atoms with Crippen molar-refractivity contribution in [3.8, 4) is 0 Å². The zero-order valence-electron chi connectivity index (χ0n) is 10.5. The van der Waals surface area contributed by atoms with Crippen molar-refractivity contribution in [2.75, 3.05) is 7.05 Å². The Kier molecular flexibility index (Phi) is 2.92. The van der Waals surface area contributed by atoms with E-state index in [0.717, 1.165) is 29.4 Å². The lowest BCUT2D eigenvalue weighted by Crippen LogP contribution is -2.43. The van der Waals surface area contributed by atoms with E-state index in [9.17, 15) is 4.79 Å². The molecule has 0 radical (unpaired) electrons. The lowest BCUT2D eigenvalue weighted by Gasteiger charge is -2.32. The van der Waals surface area contributed by atoms with E-state index in [1.54, 1.807) is 6.26 Å². The summed E-state index contributed by atoms with van der Waals surface area (Å²) in [6, 6.07) is 7.54. The molecule has 1 saturated carbocycles. The second-order valence-corrected chi connectivity index (χ2v) is 4.99. The monoisotopic (exact) mass is 243 g/mol. The third kappa shape index (κ3) is 1.85. The number of nitrogens with one attached hydrogen (secondary N) is 1. The SMILES string of the molecule is CNC(C(=O)c1ccc2ccoc2c1)C1CCC1. The normalized spacial score (nSPS) is 17.6. The number of carbonyl (C=O) groups is 1. The van der Waals surface area contributed by atoms with Crippen LogP contribution in [-0.2, 0) is 0 Å². The van der Waals surface area contributed by atoms with Crippen molar-refractivity contribution in [2.24, 2.45) is 5.92 Å². The van der Waals surface area contributed by atoms with Crippen molar-refractivity contribution in [2.45, 2.75) is 25.3 Å². The quantitative estimate of drug-likeness (QED) is 0.839. The molecular formula is C15H17NO2. The molecule has 1 aliphatic carbocycles. The first-order valence-corrected chi connectivity index (χ1v) is 6.48. The minimum absolute atomic E-state index is 0.0498. The highest BCUT2D eigenvalue weighted by Gasteiger charge is 2.31. The van der Waals surface area contributed by atoms with Crippen LogP contribution in [0.2, 0.25) is 0 Å². The fourth-order valence-corrected chi connectivity index (χ4v) is 2.64. The number of fused-ring (bicyclic) bond motifs is 1. The van der Waals surface area contributed by atoms with Crippen LogP contribution in [0.15, 0.2) is 34.9 Å². The highest BCUT2D eigenvalue weighted by molar-refractivity contribution is 6.02. The number of carbonyl (C=O) groups excluding carboxylic acids is 1. The van der Waals surface area contributed by atoms with Crippen LogP contribution in [0.5, 0.6) is 0 Å². The lowest BCUT2D eigenvalue weighted by molar-refractivity contribution is 0.0870. The van der Waals surface area contributed by atoms with E-state index < -0.39 is 0 Å². The van der Waals surface area contributed by atoms with Crippen molar-refractivity contribution in [1.29, 1.82) is 0 Å². The smallest absolute Gasteiger partial charge is 0.180 e. The number of furan rings is 1. The van der Waals surface area contributed by atoms with Gasteiger partial charge in [-0.3, -0.25) is 4.79 Å². The second kappa shape index (κ2) is 4.58. The molecule has 1 N–H and O–H groups in total. The molecule has 3 heteroatoms. The predicted molar refractivity (Wildman–Crippen MR) is 70.7 cm³/mol. The number of Topliss-reactive ketones (excluding diaryl/α,β-unsaturated/α-hetero) is 1. The number of ketones is 1. The summed E-state index contributed by atoms with van der Waals surface area (Å²) < 4.78 is 5.35. The number of rotatable bonds is 4. The molecule has 2 aromatic rings. The van der Waals surface area contributed by atoms with Gasteiger partial charge in [-0.15, -0.1) is 0 Å². The number of hydrogen-bond acceptors (Lipinski definition) is 3. The van der Waals surface area contributed by atoms with Crippen LogP contribution in [0.4, 0.5) is 0 Å². The van der Waals surface area contributed by atoms with Gasteiger partial charge in [-0.1, -0.05) is 18.6 Å². The Hall–Kier alpha value is -1.61. The van der Waals surface area contributed by atoms with Gasteiger partial charge >= 0.3 is 0 Å². The van der Waals surface area contributed by atoms with Gasteiger partial charge in [0.2, 0.25) is 0 Å². The zero-order valence-corrected chi connectivity index (χ0v) is 10.5.